The zero-order valence-electron chi connectivity index (χ0n) is 13.5. The zero-order chi connectivity index (χ0) is 16.1. The standard InChI is InChI=1S/C16H22N4O2/c1-12-9-15(18-22-12)17-16(21)11-20(4)10-13-5-7-14(8-6-13)19(2)3/h5-9H,10-11H2,1-4H3,(H,17,18,21)/p+1. The van der Waals surface area contributed by atoms with Gasteiger partial charge in [-0.3, -0.25) is 4.79 Å². The van der Waals surface area contributed by atoms with E-state index in [9.17, 15) is 4.79 Å². The third-order valence-corrected chi connectivity index (χ3v) is 3.32. The van der Waals surface area contributed by atoms with E-state index < -0.39 is 0 Å². The third kappa shape index (κ3) is 4.60. The molecular formula is C16H23N4O2+. The monoisotopic (exact) mass is 303 g/mol. The van der Waals surface area contributed by atoms with Gasteiger partial charge in [0.1, 0.15) is 12.3 Å². The second-order valence-corrected chi connectivity index (χ2v) is 5.74. The van der Waals surface area contributed by atoms with Crippen LogP contribution in [-0.4, -0.2) is 38.8 Å². The lowest BCUT2D eigenvalue weighted by molar-refractivity contribution is -0.885. The number of carbonyl (C=O) groups excluding carboxylic acids is 1. The molecule has 0 bridgehead atoms. The summed E-state index contributed by atoms with van der Waals surface area (Å²) in [5.74, 6) is 1.07. The lowest BCUT2D eigenvalue weighted by Crippen LogP contribution is -3.08. The molecule has 1 atom stereocenters. The van der Waals surface area contributed by atoms with Crippen molar-refractivity contribution >= 4 is 17.4 Å². The predicted octanol–water partition coefficient (Wildman–Crippen LogP) is 0.702. The molecule has 0 saturated heterocycles. The number of benzene rings is 1. The molecule has 22 heavy (non-hydrogen) atoms. The number of amides is 1. The Labute approximate surface area is 130 Å². The minimum Gasteiger partial charge on any atom is -0.378 e. The fourth-order valence-electron chi connectivity index (χ4n) is 2.21. The smallest absolute Gasteiger partial charge is 0.280 e. The van der Waals surface area contributed by atoms with Crippen LogP contribution < -0.4 is 15.1 Å². The van der Waals surface area contributed by atoms with Crippen LogP contribution in [-0.2, 0) is 11.3 Å². The van der Waals surface area contributed by atoms with Gasteiger partial charge < -0.3 is 19.6 Å². The van der Waals surface area contributed by atoms with Gasteiger partial charge in [-0.15, -0.1) is 0 Å². The summed E-state index contributed by atoms with van der Waals surface area (Å²) in [5.41, 5.74) is 2.37. The van der Waals surface area contributed by atoms with E-state index in [0.29, 0.717) is 18.1 Å². The number of hydrogen-bond acceptors (Lipinski definition) is 4. The van der Waals surface area contributed by atoms with Crippen molar-refractivity contribution in [2.45, 2.75) is 13.5 Å². The largest absolute Gasteiger partial charge is 0.378 e. The van der Waals surface area contributed by atoms with Crippen molar-refractivity contribution in [3.05, 3.63) is 41.7 Å². The number of nitrogens with zero attached hydrogens (tertiary/aromatic N) is 2. The number of anilines is 2. The Morgan fingerprint density at radius 1 is 1.32 bits per heavy atom. The van der Waals surface area contributed by atoms with Gasteiger partial charge in [0.2, 0.25) is 0 Å². The van der Waals surface area contributed by atoms with Gasteiger partial charge in [-0.05, 0) is 19.1 Å². The summed E-state index contributed by atoms with van der Waals surface area (Å²) in [7, 11) is 6.03. The van der Waals surface area contributed by atoms with Gasteiger partial charge >= 0.3 is 0 Å². The average molecular weight is 303 g/mol. The molecule has 0 aliphatic heterocycles. The molecule has 6 nitrogen and oxygen atoms in total. The molecule has 118 valence electrons. The van der Waals surface area contributed by atoms with Gasteiger partial charge in [-0.1, -0.05) is 17.3 Å². The van der Waals surface area contributed by atoms with Crippen LogP contribution in [0.15, 0.2) is 34.9 Å². The van der Waals surface area contributed by atoms with Crippen LogP contribution in [0.4, 0.5) is 11.5 Å². The Kier molecular flexibility index (Phi) is 5.16. The second-order valence-electron chi connectivity index (χ2n) is 5.74. The van der Waals surface area contributed by atoms with Crippen LogP contribution in [0, 0.1) is 6.92 Å². The number of quaternary nitrogens is 1. The highest BCUT2D eigenvalue weighted by atomic mass is 16.5. The van der Waals surface area contributed by atoms with Crippen LogP contribution in [0.3, 0.4) is 0 Å². The van der Waals surface area contributed by atoms with Crippen molar-refractivity contribution in [1.82, 2.24) is 5.16 Å². The molecular weight excluding hydrogens is 280 g/mol. The molecule has 0 spiro atoms. The average Bonchev–Trinajstić information content (AvgIpc) is 2.84. The number of rotatable bonds is 6. The van der Waals surface area contributed by atoms with E-state index in [-0.39, 0.29) is 5.91 Å². The predicted molar refractivity (Wildman–Crippen MR) is 86.1 cm³/mol. The highest BCUT2D eigenvalue weighted by molar-refractivity contribution is 5.90. The van der Waals surface area contributed by atoms with E-state index >= 15 is 0 Å². The first-order chi connectivity index (χ1) is 10.4. The minimum absolute atomic E-state index is 0.0734. The molecule has 0 aliphatic carbocycles. The summed E-state index contributed by atoms with van der Waals surface area (Å²) < 4.78 is 4.92. The first-order valence-corrected chi connectivity index (χ1v) is 7.25. The Bertz CT molecular complexity index is 619. The lowest BCUT2D eigenvalue weighted by Gasteiger charge is -2.15. The van der Waals surface area contributed by atoms with E-state index in [4.69, 9.17) is 4.52 Å². The molecule has 1 unspecified atom stereocenters. The van der Waals surface area contributed by atoms with Gasteiger partial charge in [-0.2, -0.15) is 0 Å². The Hall–Kier alpha value is -2.34. The third-order valence-electron chi connectivity index (χ3n) is 3.32. The SMILES string of the molecule is Cc1cc(NC(=O)C[NH+](C)Cc2ccc(N(C)C)cc2)no1. The fourth-order valence-corrected chi connectivity index (χ4v) is 2.21. The first-order valence-electron chi connectivity index (χ1n) is 7.25. The van der Waals surface area contributed by atoms with Gasteiger partial charge in [-0.25, -0.2) is 0 Å². The molecule has 2 aromatic rings. The molecule has 0 fully saturated rings. The zero-order valence-corrected chi connectivity index (χ0v) is 13.5. The number of carbonyl (C=O) groups is 1. The number of aromatic nitrogens is 1. The maximum absolute atomic E-state index is 11.9. The normalized spacial score (nSPS) is 12.0. The van der Waals surface area contributed by atoms with Crippen molar-refractivity contribution in [2.24, 2.45) is 0 Å². The molecule has 2 N–H and O–H groups in total. The molecule has 0 aliphatic rings. The molecule has 1 aromatic heterocycles. The number of nitrogens with one attached hydrogen (secondary N) is 2. The van der Waals surface area contributed by atoms with E-state index in [2.05, 4.69) is 39.6 Å². The maximum atomic E-state index is 11.9. The first kappa shape index (κ1) is 16.0. The van der Waals surface area contributed by atoms with Gasteiger partial charge in [0, 0.05) is 31.4 Å². The molecule has 0 radical (unpaired) electrons. The second kappa shape index (κ2) is 7.09. The highest BCUT2D eigenvalue weighted by Crippen LogP contribution is 2.11. The summed E-state index contributed by atoms with van der Waals surface area (Å²) in [4.78, 5) is 15.1. The van der Waals surface area contributed by atoms with Crippen molar-refractivity contribution in [3.8, 4) is 0 Å². The molecule has 2 rings (SSSR count). The molecule has 1 aromatic carbocycles. The fraction of sp³-hybridized carbons (Fsp3) is 0.375. The van der Waals surface area contributed by atoms with Crippen molar-refractivity contribution in [1.29, 1.82) is 0 Å². The van der Waals surface area contributed by atoms with Crippen LogP contribution in [0.25, 0.3) is 0 Å². The van der Waals surface area contributed by atoms with Gasteiger partial charge in [0.25, 0.3) is 5.91 Å². The van der Waals surface area contributed by atoms with E-state index in [1.54, 1.807) is 13.0 Å². The van der Waals surface area contributed by atoms with Crippen LogP contribution in [0.2, 0.25) is 0 Å². The minimum atomic E-state index is -0.0734. The van der Waals surface area contributed by atoms with Crippen LogP contribution in [0.5, 0.6) is 0 Å². The Morgan fingerprint density at radius 3 is 2.55 bits per heavy atom. The maximum Gasteiger partial charge on any atom is 0.280 e. The number of hydrogen-bond donors (Lipinski definition) is 2. The van der Waals surface area contributed by atoms with Crippen molar-refractivity contribution < 1.29 is 14.2 Å². The van der Waals surface area contributed by atoms with E-state index in [1.165, 1.54) is 11.3 Å². The molecule has 1 amide bonds. The highest BCUT2D eigenvalue weighted by Gasteiger charge is 2.12. The van der Waals surface area contributed by atoms with Gasteiger partial charge in [0.15, 0.2) is 12.4 Å². The van der Waals surface area contributed by atoms with E-state index in [0.717, 1.165) is 11.4 Å². The quantitative estimate of drug-likeness (QED) is 0.825. The Balaban J connectivity index is 1.84. The summed E-state index contributed by atoms with van der Waals surface area (Å²) in [5, 5.41) is 6.48. The number of aryl methyl sites for hydroxylation is 1. The summed E-state index contributed by atoms with van der Waals surface area (Å²) >= 11 is 0. The van der Waals surface area contributed by atoms with E-state index in [1.807, 2.05) is 21.1 Å². The van der Waals surface area contributed by atoms with Crippen molar-refractivity contribution in [3.63, 3.8) is 0 Å². The molecule has 1 heterocycles. The van der Waals surface area contributed by atoms with Crippen LogP contribution >= 0.6 is 0 Å². The van der Waals surface area contributed by atoms with Crippen LogP contribution in [0.1, 0.15) is 11.3 Å². The number of likely N-dealkylation sites (N-methyl/N-ethyl adjacent to an activating group) is 1. The molecule has 6 heteroatoms. The summed E-state index contributed by atoms with van der Waals surface area (Å²) in [6.07, 6.45) is 0. The molecule has 0 saturated carbocycles. The van der Waals surface area contributed by atoms with Gasteiger partial charge in [0.05, 0.1) is 7.05 Å². The van der Waals surface area contributed by atoms with Crippen molar-refractivity contribution in [2.75, 3.05) is 37.9 Å². The summed E-state index contributed by atoms with van der Waals surface area (Å²) in [6.45, 7) is 2.96. The Morgan fingerprint density at radius 2 is 2.00 bits per heavy atom. The summed E-state index contributed by atoms with van der Waals surface area (Å²) in [6, 6.07) is 10.1. The lowest BCUT2D eigenvalue weighted by atomic mass is 10.2. The topological polar surface area (TPSA) is 62.8 Å².